The first-order valence-electron chi connectivity index (χ1n) is 5.76. The van der Waals surface area contributed by atoms with Gasteiger partial charge >= 0.3 is 5.69 Å². The summed E-state index contributed by atoms with van der Waals surface area (Å²) in [5, 5.41) is 11.3. The minimum Gasteiger partial charge on any atom is -0.480 e. The lowest BCUT2D eigenvalue weighted by Crippen LogP contribution is -2.03. The maximum Gasteiger partial charge on any atom is 0.310 e. The molecule has 7 heteroatoms. The molecule has 2 aromatic rings. The molecule has 0 fully saturated rings. The lowest BCUT2D eigenvalue weighted by Gasteiger charge is -2.08. The minimum atomic E-state index is -0.497. The predicted molar refractivity (Wildman–Crippen MR) is 75.8 cm³/mol. The average Bonchev–Trinajstić information content (AvgIpc) is 2.39. The number of aryl methyl sites for hydroxylation is 1. The molecular formula is C13H12ClN3O3. The largest absolute Gasteiger partial charge is 0.480 e. The van der Waals surface area contributed by atoms with Crippen LogP contribution in [-0.2, 0) is 6.61 Å². The molecule has 0 aliphatic rings. The Morgan fingerprint density at radius 1 is 1.40 bits per heavy atom. The molecule has 20 heavy (non-hydrogen) atoms. The maximum atomic E-state index is 10.9. The molecule has 1 heterocycles. The van der Waals surface area contributed by atoms with Gasteiger partial charge in [-0.15, -0.1) is 0 Å². The first-order valence-corrected chi connectivity index (χ1v) is 6.14. The van der Waals surface area contributed by atoms with Crippen LogP contribution in [0.1, 0.15) is 11.3 Å². The number of nitrogen functional groups attached to an aromatic ring is 1. The van der Waals surface area contributed by atoms with Gasteiger partial charge in [0.05, 0.1) is 15.6 Å². The molecular weight excluding hydrogens is 282 g/mol. The Kier molecular flexibility index (Phi) is 4.05. The summed E-state index contributed by atoms with van der Waals surface area (Å²) in [4.78, 5) is 14.5. The summed E-state index contributed by atoms with van der Waals surface area (Å²) in [5.74, 6) is 0.488. The van der Waals surface area contributed by atoms with Gasteiger partial charge in [-0.05, 0) is 30.7 Å². The van der Waals surface area contributed by atoms with Crippen LogP contribution in [0.2, 0.25) is 5.02 Å². The highest BCUT2D eigenvalue weighted by Crippen LogP contribution is 2.29. The molecule has 0 unspecified atom stereocenters. The third kappa shape index (κ3) is 3.16. The number of halogens is 1. The zero-order valence-electron chi connectivity index (χ0n) is 10.7. The van der Waals surface area contributed by atoms with Crippen molar-refractivity contribution < 1.29 is 9.66 Å². The Morgan fingerprint density at radius 2 is 2.15 bits per heavy atom. The van der Waals surface area contributed by atoms with Crippen LogP contribution in [0.4, 0.5) is 11.5 Å². The topological polar surface area (TPSA) is 91.3 Å². The van der Waals surface area contributed by atoms with E-state index in [0.29, 0.717) is 16.5 Å². The van der Waals surface area contributed by atoms with E-state index in [2.05, 4.69) is 4.98 Å². The second-order valence-corrected chi connectivity index (χ2v) is 4.59. The third-order valence-electron chi connectivity index (χ3n) is 2.62. The number of anilines is 1. The van der Waals surface area contributed by atoms with Crippen LogP contribution in [0, 0.1) is 17.0 Å². The van der Waals surface area contributed by atoms with Gasteiger partial charge in [0.1, 0.15) is 12.4 Å². The number of benzene rings is 1. The van der Waals surface area contributed by atoms with Crippen molar-refractivity contribution in [1.82, 2.24) is 4.98 Å². The molecule has 0 spiro atoms. The molecule has 0 radical (unpaired) electrons. The number of ether oxygens (including phenoxy) is 1. The Balaban J connectivity index is 2.24. The molecule has 0 aliphatic carbocycles. The van der Waals surface area contributed by atoms with Gasteiger partial charge in [-0.2, -0.15) is 0 Å². The number of nitro groups is 1. The quantitative estimate of drug-likeness (QED) is 0.691. The van der Waals surface area contributed by atoms with Crippen LogP contribution in [-0.4, -0.2) is 9.91 Å². The fourth-order valence-corrected chi connectivity index (χ4v) is 1.80. The van der Waals surface area contributed by atoms with Crippen LogP contribution < -0.4 is 10.5 Å². The fourth-order valence-electron chi connectivity index (χ4n) is 1.64. The van der Waals surface area contributed by atoms with Crippen LogP contribution in [0.15, 0.2) is 30.3 Å². The molecule has 0 bridgehead atoms. The van der Waals surface area contributed by atoms with E-state index in [-0.39, 0.29) is 18.0 Å². The number of hydrogen-bond donors (Lipinski definition) is 1. The second-order valence-electron chi connectivity index (χ2n) is 4.18. The number of nitro benzene ring substituents is 1. The Bertz CT molecular complexity index is 661. The first-order chi connectivity index (χ1) is 9.47. The minimum absolute atomic E-state index is 0.00810. The van der Waals surface area contributed by atoms with Crippen LogP contribution in [0.25, 0.3) is 0 Å². The maximum absolute atomic E-state index is 10.9. The van der Waals surface area contributed by atoms with Gasteiger partial charge in [0, 0.05) is 6.07 Å². The first kappa shape index (κ1) is 14.1. The Morgan fingerprint density at radius 3 is 2.85 bits per heavy atom. The Hall–Kier alpha value is -2.34. The Labute approximate surface area is 120 Å². The van der Waals surface area contributed by atoms with Crippen molar-refractivity contribution in [3.8, 4) is 5.75 Å². The van der Waals surface area contributed by atoms with Crippen molar-refractivity contribution in [2.75, 3.05) is 5.73 Å². The highest BCUT2D eigenvalue weighted by molar-refractivity contribution is 6.31. The normalized spacial score (nSPS) is 10.3. The van der Waals surface area contributed by atoms with Crippen molar-refractivity contribution in [3.63, 3.8) is 0 Å². The van der Waals surface area contributed by atoms with Crippen LogP contribution in [0.5, 0.6) is 5.75 Å². The van der Waals surface area contributed by atoms with Gasteiger partial charge in [0.25, 0.3) is 0 Å². The molecule has 0 amide bonds. The van der Waals surface area contributed by atoms with Gasteiger partial charge in [-0.25, -0.2) is 4.98 Å². The fraction of sp³-hybridized carbons (Fsp3) is 0.154. The lowest BCUT2D eigenvalue weighted by atomic mass is 10.2. The van der Waals surface area contributed by atoms with Gasteiger partial charge in [0.15, 0.2) is 5.75 Å². The van der Waals surface area contributed by atoms with Gasteiger partial charge in [-0.3, -0.25) is 10.1 Å². The third-order valence-corrected chi connectivity index (χ3v) is 2.96. The molecule has 0 saturated carbocycles. The van der Waals surface area contributed by atoms with Gasteiger partial charge in [-0.1, -0.05) is 17.7 Å². The van der Waals surface area contributed by atoms with Crippen molar-refractivity contribution in [1.29, 1.82) is 0 Å². The van der Waals surface area contributed by atoms with E-state index in [9.17, 15) is 10.1 Å². The number of rotatable bonds is 4. The number of aromatic nitrogens is 1. The van der Waals surface area contributed by atoms with E-state index in [1.165, 1.54) is 6.07 Å². The van der Waals surface area contributed by atoms with Gasteiger partial charge in [0.2, 0.25) is 0 Å². The highest BCUT2D eigenvalue weighted by atomic mass is 35.5. The zero-order chi connectivity index (χ0) is 14.7. The zero-order valence-corrected chi connectivity index (χ0v) is 11.4. The monoisotopic (exact) mass is 293 g/mol. The van der Waals surface area contributed by atoms with E-state index < -0.39 is 4.92 Å². The molecule has 2 rings (SSSR count). The molecule has 2 N–H and O–H groups in total. The molecule has 1 aromatic heterocycles. The average molecular weight is 294 g/mol. The predicted octanol–water partition coefficient (Wildman–Crippen LogP) is 3.11. The number of nitrogens with zero attached hydrogens (tertiary/aromatic N) is 2. The summed E-state index contributed by atoms with van der Waals surface area (Å²) < 4.78 is 5.46. The SMILES string of the molecule is Cc1ccc([N+](=O)[O-])c(OCc2nc(N)ccc2Cl)c1. The summed E-state index contributed by atoms with van der Waals surface area (Å²) in [7, 11) is 0. The summed E-state index contributed by atoms with van der Waals surface area (Å²) in [5.41, 5.74) is 6.76. The smallest absolute Gasteiger partial charge is 0.310 e. The van der Waals surface area contributed by atoms with E-state index >= 15 is 0 Å². The van der Waals surface area contributed by atoms with E-state index in [1.54, 1.807) is 24.3 Å². The van der Waals surface area contributed by atoms with Crippen molar-refractivity contribution in [2.24, 2.45) is 0 Å². The molecule has 104 valence electrons. The van der Waals surface area contributed by atoms with Crippen molar-refractivity contribution >= 4 is 23.1 Å². The molecule has 6 nitrogen and oxygen atoms in total. The highest BCUT2D eigenvalue weighted by Gasteiger charge is 2.15. The van der Waals surface area contributed by atoms with Crippen LogP contribution in [0.3, 0.4) is 0 Å². The van der Waals surface area contributed by atoms with E-state index in [0.717, 1.165) is 5.56 Å². The molecule has 0 saturated heterocycles. The van der Waals surface area contributed by atoms with Crippen LogP contribution >= 0.6 is 11.6 Å². The van der Waals surface area contributed by atoms with E-state index in [1.807, 2.05) is 6.92 Å². The second kappa shape index (κ2) is 5.75. The molecule has 0 aliphatic heterocycles. The standard InChI is InChI=1S/C13H12ClN3O3/c1-8-2-4-11(17(18)19)12(6-8)20-7-10-9(14)3-5-13(15)16-10/h2-6H,7H2,1H3,(H2,15,16). The lowest BCUT2D eigenvalue weighted by molar-refractivity contribution is -0.386. The number of pyridine rings is 1. The van der Waals surface area contributed by atoms with Crippen molar-refractivity contribution in [2.45, 2.75) is 13.5 Å². The van der Waals surface area contributed by atoms with Crippen molar-refractivity contribution in [3.05, 3.63) is 56.7 Å². The molecule has 0 atom stereocenters. The summed E-state index contributed by atoms with van der Waals surface area (Å²) in [6.45, 7) is 1.83. The summed E-state index contributed by atoms with van der Waals surface area (Å²) in [6.07, 6.45) is 0. The van der Waals surface area contributed by atoms with E-state index in [4.69, 9.17) is 22.1 Å². The number of hydrogen-bond acceptors (Lipinski definition) is 5. The summed E-state index contributed by atoms with van der Waals surface area (Å²) >= 11 is 5.96. The van der Waals surface area contributed by atoms with Gasteiger partial charge < -0.3 is 10.5 Å². The number of nitrogens with two attached hydrogens (primary N) is 1. The summed E-state index contributed by atoms with van der Waals surface area (Å²) in [6, 6.07) is 7.82. The molecule has 1 aromatic carbocycles.